The molecule has 0 unspecified atom stereocenters. The Morgan fingerprint density at radius 3 is 2.66 bits per heavy atom. The van der Waals surface area contributed by atoms with Gasteiger partial charge in [0.05, 0.1) is 18.1 Å². The summed E-state index contributed by atoms with van der Waals surface area (Å²) in [5.41, 5.74) is 2.74. The van der Waals surface area contributed by atoms with Crippen molar-refractivity contribution in [1.82, 2.24) is 15.0 Å². The number of nitrogens with one attached hydrogen (secondary N) is 2. The molecule has 0 saturated heterocycles. The number of carbonyl (C=O) groups is 1. The van der Waals surface area contributed by atoms with Crippen LogP contribution in [-0.2, 0) is 4.79 Å². The van der Waals surface area contributed by atoms with E-state index in [9.17, 15) is 9.18 Å². The van der Waals surface area contributed by atoms with Crippen LogP contribution in [-0.4, -0.2) is 34.5 Å². The number of anilines is 5. The first kappa shape index (κ1) is 19.5. The smallest absolute Gasteiger partial charge is 0.264 e. The molecule has 2 aromatic heterocycles. The fourth-order valence-electron chi connectivity index (χ4n) is 3.20. The van der Waals surface area contributed by atoms with E-state index in [1.54, 1.807) is 31.4 Å². The summed E-state index contributed by atoms with van der Waals surface area (Å²) in [6.07, 6.45) is 4.17. The molecule has 5 rings (SSSR count). The molecule has 0 fully saturated rings. The van der Waals surface area contributed by atoms with Crippen LogP contribution in [0, 0.1) is 5.82 Å². The maximum Gasteiger partial charge on any atom is 0.264 e. The number of rotatable bonds is 5. The van der Waals surface area contributed by atoms with Crippen LogP contribution in [0.2, 0.25) is 0 Å². The van der Waals surface area contributed by atoms with Gasteiger partial charge in [0, 0.05) is 30.1 Å². The number of oxazole rings is 1. The van der Waals surface area contributed by atoms with Crippen LogP contribution in [0.3, 0.4) is 0 Å². The normalized spacial score (nSPS) is 12.8. The van der Waals surface area contributed by atoms with Crippen LogP contribution < -0.4 is 20.3 Å². The Morgan fingerprint density at radius 1 is 1.06 bits per heavy atom. The van der Waals surface area contributed by atoms with E-state index in [-0.39, 0.29) is 24.3 Å². The fourth-order valence-corrected chi connectivity index (χ4v) is 3.20. The van der Waals surface area contributed by atoms with Crippen molar-refractivity contribution in [2.45, 2.75) is 0 Å². The van der Waals surface area contributed by atoms with Crippen LogP contribution >= 0.6 is 0 Å². The molecular formula is C22H17FN6O3. The molecule has 1 aliphatic rings. The van der Waals surface area contributed by atoms with Gasteiger partial charge in [-0.3, -0.25) is 4.79 Å². The Kier molecular flexibility index (Phi) is 4.86. The maximum absolute atomic E-state index is 14.3. The van der Waals surface area contributed by atoms with E-state index >= 15 is 0 Å². The Morgan fingerprint density at radius 2 is 1.88 bits per heavy atom. The number of benzene rings is 2. The SMILES string of the molecule is CN1C(=O)COc2cc(Nc3nc(Nc4ccc(-c5ncco5)cc4)ncc3F)ccc21. The summed E-state index contributed by atoms with van der Waals surface area (Å²) in [6.45, 7) is -0.0440. The summed E-state index contributed by atoms with van der Waals surface area (Å²) in [5, 5.41) is 5.97. The summed E-state index contributed by atoms with van der Waals surface area (Å²) >= 11 is 0. The highest BCUT2D eigenvalue weighted by Gasteiger charge is 2.22. The number of likely N-dealkylation sites (N-methyl/N-ethyl adjacent to an activating group) is 1. The first-order chi connectivity index (χ1) is 15.6. The molecule has 0 atom stereocenters. The maximum atomic E-state index is 14.3. The van der Waals surface area contributed by atoms with Crippen molar-refractivity contribution in [3.8, 4) is 17.2 Å². The summed E-state index contributed by atoms with van der Waals surface area (Å²) < 4.78 is 25.1. The molecule has 1 amide bonds. The van der Waals surface area contributed by atoms with Crippen LogP contribution in [0.5, 0.6) is 5.75 Å². The first-order valence-electron chi connectivity index (χ1n) is 9.67. The molecule has 0 spiro atoms. The van der Waals surface area contributed by atoms with E-state index in [1.807, 2.05) is 24.3 Å². The molecular weight excluding hydrogens is 415 g/mol. The average molecular weight is 432 g/mol. The van der Waals surface area contributed by atoms with Gasteiger partial charge >= 0.3 is 0 Å². The number of nitrogens with zero attached hydrogens (tertiary/aromatic N) is 4. The molecule has 2 aromatic carbocycles. The second-order valence-electron chi connectivity index (χ2n) is 6.98. The zero-order valence-electron chi connectivity index (χ0n) is 16.9. The number of hydrogen-bond donors (Lipinski definition) is 2. The first-order valence-corrected chi connectivity index (χ1v) is 9.67. The van der Waals surface area contributed by atoms with Gasteiger partial charge in [0.25, 0.3) is 5.91 Å². The molecule has 32 heavy (non-hydrogen) atoms. The van der Waals surface area contributed by atoms with Gasteiger partial charge in [0.2, 0.25) is 11.8 Å². The van der Waals surface area contributed by atoms with Crippen molar-refractivity contribution in [1.29, 1.82) is 0 Å². The van der Waals surface area contributed by atoms with Gasteiger partial charge in [-0.1, -0.05) is 0 Å². The van der Waals surface area contributed by atoms with Gasteiger partial charge in [0.1, 0.15) is 12.0 Å². The number of halogens is 1. The van der Waals surface area contributed by atoms with Gasteiger partial charge < -0.3 is 24.7 Å². The monoisotopic (exact) mass is 432 g/mol. The molecule has 4 aromatic rings. The molecule has 0 saturated carbocycles. The molecule has 0 radical (unpaired) electrons. The minimum absolute atomic E-state index is 0.000837. The molecule has 0 aliphatic carbocycles. The molecule has 10 heteroatoms. The number of hydrogen-bond acceptors (Lipinski definition) is 8. The number of ether oxygens (including phenoxy) is 1. The highest BCUT2D eigenvalue weighted by molar-refractivity contribution is 5.97. The quantitative estimate of drug-likeness (QED) is 0.485. The third-order valence-corrected chi connectivity index (χ3v) is 4.87. The molecule has 160 valence electrons. The van der Waals surface area contributed by atoms with Gasteiger partial charge in [-0.25, -0.2) is 14.4 Å². The molecule has 3 heterocycles. The van der Waals surface area contributed by atoms with E-state index in [0.29, 0.717) is 28.7 Å². The Bertz CT molecular complexity index is 1280. The largest absolute Gasteiger partial charge is 0.481 e. The van der Waals surface area contributed by atoms with Gasteiger partial charge in [0.15, 0.2) is 18.2 Å². The van der Waals surface area contributed by atoms with Crippen molar-refractivity contribution in [3.63, 3.8) is 0 Å². The van der Waals surface area contributed by atoms with E-state index in [1.165, 1.54) is 11.2 Å². The fraction of sp³-hybridized carbons (Fsp3) is 0.0909. The van der Waals surface area contributed by atoms with Gasteiger partial charge in [-0.05, 0) is 36.4 Å². The van der Waals surface area contributed by atoms with Crippen molar-refractivity contribution >= 4 is 34.7 Å². The lowest BCUT2D eigenvalue weighted by atomic mass is 10.2. The highest BCUT2D eigenvalue weighted by Crippen LogP contribution is 2.34. The summed E-state index contributed by atoms with van der Waals surface area (Å²) in [6, 6.07) is 12.4. The predicted octanol–water partition coefficient (Wildman–Crippen LogP) is 4.11. The predicted molar refractivity (Wildman–Crippen MR) is 116 cm³/mol. The second kappa shape index (κ2) is 7.99. The van der Waals surface area contributed by atoms with Crippen molar-refractivity contribution in [2.24, 2.45) is 0 Å². The van der Waals surface area contributed by atoms with Crippen LogP contribution in [0.1, 0.15) is 0 Å². The number of carbonyl (C=O) groups excluding carboxylic acids is 1. The van der Waals surface area contributed by atoms with Crippen molar-refractivity contribution in [3.05, 3.63) is 66.9 Å². The van der Waals surface area contributed by atoms with Gasteiger partial charge in [-0.15, -0.1) is 0 Å². The third-order valence-electron chi connectivity index (χ3n) is 4.87. The topological polar surface area (TPSA) is 105 Å². The number of fused-ring (bicyclic) bond motifs is 1. The summed E-state index contributed by atoms with van der Waals surface area (Å²) in [5.74, 6) is 0.517. The van der Waals surface area contributed by atoms with Crippen LogP contribution in [0.4, 0.5) is 33.2 Å². The number of aromatic nitrogens is 3. The van der Waals surface area contributed by atoms with Gasteiger partial charge in [-0.2, -0.15) is 4.98 Å². The standard InChI is InChI=1S/C22H17FN6O3/c1-29-17-7-6-15(10-18(17)32-12-19(29)30)26-20-16(23)11-25-22(28-20)27-14-4-2-13(3-5-14)21-24-8-9-31-21/h2-11H,12H2,1H3,(H2,25,26,27,28). The van der Waals surface area contributed by atoms with Crippen LogP contribution in [0.25, 0.3) is 11.5 Å². The molecule has 1 aliphatic heterocycles. The van der Waals surface area contributed by atoms with Crippen LogP contribution in [0.15, 0.2) is 65.5 Å². The average Bonchev–Trinajstić information content (AvgIpc) is 3.34. The van der Waals surface area contributed by atoms with E-state index in [4.69, 9.17) is 9.15 Å². The lowest BCUT2D eigenvalue weighted by Gasteiger charge is -2.26. The lowest BCUT2D eigenvalue weighted by molar-refractivity contribution is -0.120. The Balaban J connectivity index is 1.34. The highest BCUT2D eigenvalue weighted by atomic mass is 19.1. The minimum Gasteiger partial charge on any atom is -0.481 e. The van der Waals surface area contributed by atoms with E-state index in [0.717, 1.165) is 11.8 Å². The summed E-state index contributed by atoms with van der Waals surface area (Å²) in [4.78, 5) is 25.6. The molecule has 9 nitrogen and oxygen atoms in total. The Hall–Kier alpha value is -4.47. The summed E-state index contributed by atoms with van der Waals surface area (Å²) in [7, 11) is 1.68. The molecule has 0 bridgehead atoms. The second-order valence-corrected chi connectivity index (χ2v) is 6.98. The Labute approximate surface area is 181 Å². The minimum atomic E-state index is -0.610. The van der Waals surface area contributed by atoms with E-state index in [2.05, 4.69) is 25.6 Å². The van der Waals surface area contributed by atoms with Crippen molar-refractivity contribution < 1.29 is 18.3 Å². The lowest BCUT2D eigenvalue weighted by Crippen LogP contribution is -2.35. The van der Waals surface area contributed by atoms with Crippen molar-refractivity contribution in [2.75, 3.05) is 29.2 Å². The zero-order chi connectivity index (χ0) is 22.1. The van der Waals surface area contributed by atoms with E-state index < -0.39 is 5.82 Å². The third kappa shape index (κ3) is 3.81. The zero-order valence-corrected chi connectivity index (χ0v) is 16.9. The molecule has 2 N–H and O–H groups in total. The number of amides is 1.